The number of aliphatic hydroxyl groups excluding tert-OH is 1. The molecular formula is C17H19NO2. The van der Waals surface area contributed by atoms with Crippen molar-refractivity contribution in [2.24, 2.45) is 5.92 Å². The Morgan fingerprint density at radius 2 is 2.00 bits per heavy atom. The molecule has 0 bridgehead atoms. The molecule has 0 heterocycles. The van der Waals surface area contributed by atoms with Gasteiger partial charge in [-0.15, -0.1) is 0 Å². The summed E-state index contributed by atoms with van der Waals surface area (Å²) >= 11 is 0. The van der Waals surface area contributed by atoms with Gasteiger partial charge in [0.1, 0.15) is 0 Å². The Morgan fingerprint density at radius 1 is 1.25 bits per heavy atom. The lowest BCUT2D eigenvalue weighted by molar-refractivity contribution is -0.131. The minimum absolute atomic E-state index is 0.0217. The number of rotatable bonds is 4. The van der Waals surface area contributed by atoms with Gasteiger partial charge in [-0.1, -0.05) is 42.5 Å². The predicted molar refractivity (Wildman–Crippen MR) is 79.5 cm³/mol. The number of benzene rings is 2. The maximum absolute atomic E-state index is 12.2. The Bertz CT molecular complexity index is 632. The SMILES string of the molecule is CN(CCO)C(=O)C1CC1c1cccc2ccccc12. The summed E-state index contributed by atoms with van der Waals surface area (Å²) in [6.45, 7) is 0.436. The molecule has 3 nitrogen and oxygen atoms in total. The van der Waals surface area contributed by atoms with E-state index in [0.717, 1.165) is 6.42 Å². The van der Waals surface area contributed by atoms with Gasteiger partial charge >= 0.3 is 0 Å². The molecular weight excluding hydrogens is 250 g/mol. The number of likely N-dealkylation sites (N-methyl/N-ethyl adjacent to an activating group) is 1. The van der Waals surface area contributed by atoms with E-state index in [9.17, 15) is 4.79 Å². The summed E-state index contributed by atoms with van der Waals surface area (Å²) in [5.74, 6) is 0.559. The van der Waals surface area contributed by atoms with E-state index in [1.165, 1.54) is 16.3 Å². The smallest absolute Gasteiger partial charge is 0.226 e. The van der Waals surface area contributed by atoms with E-state index >= 15 is 0 Å². The van der Waals surface area contributed by atoms with Gasteiger partial charge in [-0.05, 0) is 28.7 Å². The van der Waals surface area contributed by atoms with Crippen molar-refractivity contribution in [3.63, 3.8) is 0 Å². The zero-order valence-electron chi connectivity index (χ0n) is 11.6. The molecule has 1 fully saturated rings. The highest BCUT2D eigenvalue weighted by Gasteiger charge is 2.45. The van der Waals surface area contributed by atoms with Crippen molar-refractivity contribution in [2.45, 2.75) is 12.3 Å². The van der Waals surface area contributed by atoms with Crippen molar-refractivity contribution in [3.8, 4) is 0 Å². The number of carbonyl (C=O) groups excluding carboxylic acids is 1. The minimum Gasteiger partial charge on any atom is -0.395 e. The lowest BCUT2D eigenvalue weighted by atomic mass is 10.00. The Morgan fingerprint density at radius 3 is 2.80 bits per heavy atom. The van der Waals surface area contributed by atoms with Crippen LogP contribution in [0.5, 0.6) is 0 Å². The molecule has 1 saturated carbocycles. The molecule has 1 aliphatic carbocycles. The molecule has 0 saturated heterocycles. The second-order valence-corrected chi connectivity index (χ2v) is 5.50. The zero-order valence-corrected chi connectivity index (χ0v) is 11.6. The first-order valence-corrected chi connectivity index (χ1v) is 7.06. The second-order valence-electron chi connectivity index (χ2n) is 5.50. The molecule has 20 heavy (non-hydrogen) atoms. The van der Waals surface area contributed by atoms with E-state index in [-0.39, 0.29) is 18.4 Å². The standard InChI is InChI=1S/C17H19NO2/c1-18(9-10-19)17(20)16-11-15(16)14-8-4-6-12-5-2-3-7-13(12)14/h2-8,15-16,19H,9-11H2,1H3. The quantitative estimate of drug-likeness (QED) is 0.926. The van der Waals surface area contributed by atoms with Crippen LogP contribution in [0.1, 0.15) is 17.9 Å². The molecule has 1 N–H and O–H groups in total. The van der Waals surface area contributed by atoms with E-state index in [2.05, 4.69) is 30.3 Å². The van der Waals surface area contributed by atoms with Gasteiger partial charge in [0, 0.05) is 19.5 Å². The Balaban J connectivity index is 1.83. The number of carbonyl (C=O) groups is 1. The minimum atomic E-state index is 0.0217. The molecule has 3 rings (SSSR count). The Hall–Kier alpha value is -1.87. The van der Waals surface area contributed by atoms with Crippen molar-refractivity contribution in [1.82, 2.24) is 4.90 Å². The highest BCUT2D eigenvalue weighted by molar-refractivity contribution is 5.89. The average Bonchev–Trinajstić information content (AvgIpc) is 3.26. The number of amides is 1. The highest BCUT2D eigenvalue weighted by Crippen LogP contribution is 2.50. The van der Waals surface area contributed by atoms with Gasteiger partial charge in [0.05, 0.1) is 6.61 Å². The second kappa shape index (κ2) is 5.25. The number of nitrogens with zero attached hydrogens (tertiary/aromatic N) is 1. The largest absolute Gasteiger partial charge is 0.395 e. The summed E-state index contributed by atoms with van der Waals surface area (Å²) < 4.78 is 0. The lowest BCUT2D eigenvalue weighted by Crippen LogP contribution is -2.31. The van der Waals surface area contributed by atoms with Gasteiger partial charge in [-0.3, -0.25) is 4.79 Å². The molecule has 2 aromatic carbocycles. The molecule has 2 aromatic rings. The zero-order chi connectivity index (χ0) is 14.1. The summed E-state index contributed by atoms with van der Waals surface area (Å²) in [4.78, 5) is 13.9. The third kappa shape index (κ3) is 2.29. The van der Waals surface area contributed by atoms with E-state index in [1.54, 1.807) is 11.9 Å². The summed E-state index contributed by atoms with van der Waals surface area (Å²) in [6, 6.07) is 14.6. The third-order valence-electron chi connectivity index (χ3n) is 4.14. The van der Waals surface area contributed by atoms with Crippen LogP contribution in [0.25, 0.3) is 10.8 Å². The molecule has 2 unspecified atom stereocenters. The van der Waals surface area contributed by atoms with Crippen LogP contribution >= 0.6 is 0 Å². The normalized spacial score (nSPS) is 20.9. The van der Waals surface area contributed by atoms with Crippen LogP contribution in [0.4, 0.5) is 0 Å². The van der Waals surface area contributed by atoms with E-state index in [4.69, 9.17) is 5.11 Å². The molecule has 1 amide bonds. The fourth-order valence-corrected chi connectivity index (χ4v) is 2.93. The van der Waals surface area contributed by atoms with Gasteiger partial charge in [-0.2, -0.15) is 0 Å². The summed E-state index contributed by atoms with van der Waals surface area (Å²) in [6.07, 6.45) is 0.919. The Labute approximate surface area is 118 Å². The summed E-state index contributed by atoms with van der Waals surface area (Å²) in [5.41, 5.74) is 1.28. The summed E-state index contributed by atoms with van der Waals surface area (Å²) in [5, 5.41) is 11.4. The van der Waals surface area contributed by atoms with Crippen molar-refractivity contribution in [1.29, 1.82) is 0 Å². The van der Waals surface area contributed by atoms with Gasteiger partial charge < -0.3 is 10.0 Å². The van der Waals surface area contributed by atoms with Crippen LogP contribution in [0.15, 0.2) is 42.5 Å². The third-order valence-corrected chi connectivity index (χ3v) is 4.14. The van der Waals surface area contributed by atoms with Gasteiger partial charge in [0.25, 0.3) is 0 Å². The maximum atomic E-state index is 12.2. The number of hydrogen-bond donors (Lipinski definition) is 1. The van der Waals surface area contributed by atoms with Crippen LogP contribution in [-0.4, -0.2) is 36.1 Å². The van der Waals surface area contributed by atoms with Crippen LogP contribution in [0, 0.1) is 5.92 Å². The fourth-order valence-electron chi connectivity index (χ4n) is 2.93. The average molecular weight is 269 g/mol. The van der Waals surface area contributed by atoms with E-state index < -0.39 is 0 Å². The van der Waals surface area contributed by atoms with Crippen molar-refractivity contribution < 1.29 is 9.90 Å². The molecule has 104 valence electrons. The number of fused-ring (bicyclic) bond motifs is 1. The molecule has 3 heteroatoms. The van der Waals surface area contributed by atoms with Crippen LogP contribution in [0.2, 0.25) is 0 Å². The molecule has 2 atom stereocenters. The first-order chi connectivity index (χ1) is 9.72. The van der Waals surface area contributed by atoms with Crippen LogP contribution in [0.3, 0.4) is 0 Å². The first-order valence-electron chi connectivity index (χ1n) is 7.06. The molecule has 0 aliphatic heterocycles. The lowest BCUT2D eigenvalue weighted by Gasteiger charge is -2.15. The Kier molecular flexibility index (Phi) is 3.45. The van der Waals surface area contributed by atoms with Crippen molar-refractivity contribution in [2.75, 3.05) is 20.2 Å². The van der Waals surface area contributed by atoms with Crippen molar-refractivity contribution >= 4 is 16.7 Å². The van der Waals surface area contributed by atoms with E-state index in [0.29, 0.717) is 12.5 Å². The van der Waals surface area contributed by atoms with Gasteiger partial charge in [0.2, 0.25) is 5.91 Å². The van der Waals surface area contributed by atoms with Gasteiger partial charge in [0.15, 0.2) is 0 Å². The molecule has 0 aromatic heterocycles. The fraction of sp³-hybridized carbons (Fsp3) is 0.353. The van der Waals surface area contributed by atoms with E-state index in [1.807, 2.05) is 12.1 Å². The molecule has 0 spiro atoms. The monoisotopic (exact) mass is 269 g/mol. The maximum Gasteiger partial charge on any atom is 0.226 e. The highest BCUT2D eigenvalue weighted by atomic mass is 16.3. The first kappa shape index (κ1) is 13.1. The summed E-state index contributed by atoms with van der Waals surface area (Å²) in [7, 11) is 1.76. The topological polar surface area (TPSA) is 40.5 Å². The molecule has 1 aliphatic rings. The van der Waals surface area contributed by atoms with Gasteiger partial charge in [-0.25, -0.2) is 0 Å². The van der Waals surface area contributed by atoms with Crippen LogP contribution in [-0.2, 0) is 4.79 Å². The predicted octanol–water partition coefficient (Wildman–Crippen LogP) is 2.39. The van der Waals surface area contributed by atoms with Crippen LogP contribution < -0.4 is 0 Å². The number of hydrogen-bond acceptors (Lipinski definition) is 2. The number of aliphatic hydroxyl groups is 1. The van der Waals surface area contributed by atoms with Crippen molar-refractivity contribution in [3.05, 3.63) is 48.0 Å². The molecule has 0 radical (unpaired) electrons.